The predicted molar refractivity (Wildman–Crippen MR) is 77.2 cm³/mol. The fourth-order valence-corrected chi connectivity index (χ4v) is 3.73. The summed E-state index contributed by atoms with van der Waals surface area (Å²) in [6.07, 6.45) is 2.92. The first kappa shape index (κ1) is 14.2. The topological polar surface area (TPSA) is 40.5 Å². The van der Waals surface area contributed by atoms with Gasteiger partial charge < -0.3 is 10.0 Å². The van der Waals surface area contributed by atoms with E-state index in [4.69, 9.17) is 0 Å². The Morgan fingerprint density at radius 1 is 1.45 bits per heavy atom. The van der Waals surface area contributed by atoms with Crippen LogP contribution in [-0.2, 0) is 0 Å². The van der Waals surface area contributed by atoms with Crippen molar-refractivity contribution in [2.45, 2.75) is 37.3 Å². The molecule has 20 heavy (non-hydrogen) atoms. The van der Waals surface area contributed by atoms with Crippen LogP contribution >= 0.6 is 15.9 Å². The van der Waals surface area contributed by atoms with Crippen molar-refractivity contribution in [1.82, 2.24) is 4.90 Å². The SMILES string of the molecule is O=C(c1cc(Br)ccc1F)C1(O)CCN2CCCC2C1. The quantitative estimate of drug-likeness (QED) is 0.841. The highest BCUT2D eigenvalue weighted by Crippen LogP contribution is 2.35. The first-order chi connectivity index (χ1) is 9.49. The number of nitrogens with zero attached hydrogens (tertiary/aromatic N) is 1. The third kappa shape index (κ3) is 2.43. The lowest BCUT2D eigenvalue weighted by molar-refractivity contribution is -0.0184. The summed E-state index contributed by atoms with van der Waals surface area (Å²) < 4.78 is 14.5. The molecule has 0 aliphatic carbocycles. The van der Waals surface area contributed by atoms with Crippen molar-refractivity contribution in [3.05, 3.63) is 34.1 Å². The Morgan fingerprint density at radius 2 is 2.25 bits per heavy atom. The summed E-state index contributed by atoms with van der Waals surface area (Å²) in [6.45, 7) is 1.75. The number of rotatable bonds is 2. The largest absolute Gasteiger partial charge is 0.382 e. The summed E-state index contributed by atoms with van der Waals surface area (Å²) in [6, 6.07) is 4.52. The van der Waals surface area contributed by atoms with Crippen LogP contribution in [0.25, 0.3) is 0 Å². The predicted octanol–water partition coefficient (Wildman–Crippen LogP) is 2.76. The molecule has 1 aromatic carbocycles. The Bertz CT molecular complexity index is 551. The van der Waals surface area contributed by atoms with Gasteiger partial charge in [-0.15, -0.1) is 0 Å². The standard InChI is InChI=1S/C15H17BrFNO2/c16-10-3-4-13(17)12(8-10)14(19)15(20)5-7-18-6-1-2-11(18)9-15/h3-4,8,11,20H,1-2,5-7,9H2. The molecular weight excluding hydrogens is 325 g/mol. The van der Waals surface area contributed by atoms with Gasteiger partial charge in [0.1, 0.15) is 11.4 Å². The van der Waals surface area contributed by atoms with Crippen LogP contribution in [-0.4, -0.2) is 40.5 Å². The molecule has 1 N–H and O–H groups in total. The van der Waals surface area contributed by atoms with E-state index < -0.39 is 17.2 Å². The lowest BCUT2D eigenvalue weighted by atomic mass is 9.80. The molecule has 0 amide bonds. The second-order valence-corrected chi connectivity index (χ2v) is 6.69. The maximum atomic E-state index is 13.8. The van der Waals surface area contributed by atoms with Crippen LogP contribution in [0, 0.1) is 5.82 Å². The van der Waals surface area contributed by atoms with Crippen LogP contribution in [0.5, 0.6) is 0 Å². The third-order valence-electron chi connectivity index (χ3n) is 4.48. The number of carbonyl (C=O) groups excluding carboxylic acids is 1. The minimum Gasteiger partial charge on any atom is -0.382 e. The minimum absolute atomic E-state index is 0.0201. The number of ketones is 1. The number of hydrogen-bond donors (Lipinski definition) is 1. The number of halogens is 2. The second kappa shape index (κ2) is 5.20. The van der Waals surface area contributed by atoms with Gasteiger partial charge in [0.25, 0.3) is 0 Å². The van der Waals surface area contributed by atoms with Crippen LogP contribution in [0.15, 0.2) is 22.7 Å². The Hall–Kier alpha value is -0.780. The van der Waals surface area contributed by atoms with Gasteiger partial charge in [-0.2, -0.15) is 0 Å². The Kier molecular flexibility index (Phi) is 3.69. The number of benzene rings is 1. The third-order valence-corrected chi connectivity index (χ3v) is 4.97. The van der Waals surface area contributed by atoms with Crippen LogP contribution in [0.2, 0.25) is 0 Å². The molecule has 1 aromatic rings. The first-order valence-corrected chi connectivity index (χ1v) is 7.75. The summed E-state index contributed by atoms with van der Waals surface area (Å²) in [7, 11) is 0. The fourth-order valence-electron chi connectivity index (χ4n) is 3.37. The molecule has 2 atom stereocenters. The van der Waals surface area contributed by atoms with Crippen molar-refractivity contribution in [2.75, 3.05) is 13.1 Å². The molecule has 0 saturated carbocycles. The summed E-state index contributed by atoms with van der Waals surface area (Å²) in [5.74, 6) is -1.05. The van der Waals surface area contributed by atoms with Gasteiger partial charge in [-0.25, -0.2) is 4.39 Å². The van der Waals surface area contributed by atoms with Gasteiger partial charge in [-0.3, -0.25) is 4.79 Å². The minimum atomic E-state index is -1.42. The van der Waals surface area contributed by atoms with Crippen LogP contribution in [0.3, 0.4) is 0 Å². The highest BCUT2D eigenvalue weighted by Gasteiger charge is 2.45. The van der Waals surface area contributed by atoms with E-state index >= 15 is 0 Å². The number of aliphatic hydroxyl groups is 1. The molecule has 2 unspecified atom stereocenters. The molecule has 0 radical (unpaired) electrons. The molecule has 2 heterocycles. The van der Waals surface area contributed by atoms with Crippen molar-refractivity contribution in [2.24, 2.45) is 0 Å². The van der Waals surface area contributed by atoms with Gasteiger partial charge in [0.05, 0.1) is 5.56 Å². The van der Waals surface area contributed by atoms with Crippen molar-refractivity contribution in [3.8, 4) is 0 Å². The number of hydrogen-bond acceptors (Lipinski definition) is 3. The molecule has 3 nitrogen and oxygen atoms in total. The van der Waals surface area contributed by atoms with Crippen LogP contribution < -0.4 is 0 Å². The van der Waals surface area contributed by atoms with Crippen molar-refractivity contribution < 1.29 is 14.3 Å². The fraction of sp³-hybridized carbons (Fsp3) is 0.533. The molecule has 108 valence electrons. The molecular formula is C15H17BrFNO2. The van der Waals surface area contributed by atoms with E-state index in [0.717, 1.165) is 19.4 Å². The number of carbonyl (C=O) groups is 1. The average Bonchev–Trinajstić information content (AvgIpc) is 2.87. The molecule has 0 spiro atoms. The highest BCUT2D eigenvalue weighted by molar-refractivity contribution is 9.10. The van der Waals surface area contributed by atoms with E-state index in [2.05, 4.69) is 20.8 Å². The lowest BCUT2D eigenvalue weighted by Crippen LogP contribution is -2.52. The Labute approximate surface area is 125 Å². The number of Topliss-reactive ketones (excluding diaryl/α,β-unsaturated/α-hetero) is 1. The van der Waals surface area contributed by atoms with E-state index in [-0.39, 0.29) is 11.6 Å². The molecule has 2 saturated heterocycles. The molecule has 3 rings (SSSR count). The zero-order valence-corrected chi connectivity index (χ0v) is 12.7. The number of fused-ring (bicyclic) bond motifs is 1. The van der Waals surface area contributed by atoms with Crippen molar-refractivity contribution in [3.63, 3.8) is 0 Å². The van der Waals surface area contributed by atoms with Gasteiger partial charge in [-0.05, 0) is 50.4 Å². The molecule has 2 fully saturated rings. The summed E-state index contributed by atoms with van der Waals surface area (Å²) in [4.78, 5) is 14.9. The van der Waals surface area contributed by atoms with Gasteiger partial charge in [0.15, 0.2) is 5.78 Å². The van der Waals surface area contributed by atoms with E-state index in [1.54, 1.807) is 6.07 Å². The maximum Gasteiger partial charge on any atom is 0.197 e. The number of piperidine rings is 1. The highest BCUT2D eigenvalue weighted by atomic mass is 79.9. The smallest absolute Gasteiger partial charge is 0.197 e. The summed E-state index contributed by atoms with van der Waals surface area (Å²) in [5.41, 5.74) is -1.44. The Balaban J connectivity index is 1.87. The Morgan fingerprint density at radius 3 is 3.05 bits per heavy atom. The van der Waals surface area contributed by atoms with Gasteiger partial charge in [-0.1, -0.05) is 15.9 Å². The van der Waals surface area contributed by atoms with E-state index in [1.807, 2.05) is 0 Å². The van der Waals surface area contributed by atoms with E-state index in [9.17, 15) is 14.3 Å². The zero-order valence-electron chi connectivity index (χ0n) is 11.1. The van der Waals surface area contributed by atoms with Crippen molar-refractivity contribution >= 4 is 21.7 Å². The average molecular weight is 342 g/mol. The summed E-state index contributed by atoms with van der Waals surface area (Å²) >= 11 is 3.24. The molecule has 5 heteroatoms. The summed E-state index contributed by atoms with van der Waals surface area (Å²) in [5, 5.41) is 10.7. The van der Waals surface area contributed by atoms with Gasteiger partial charge >= 0.3 is 0 Å². The normalized spacial score (nSPS) is 30.2. The maximum absolute atomic E-state index is 13.8. The molecule has 2 aliphatic rings. The van der Waals surface area contributed by atoms with Gasteiger partial charge in [0.2, 0.25) is 0 Å². The van der Waals surface area contributed by atoms with Crippen LogP contribution in [0.1, 0.15) is 36.0 Å². The monoisotopic (exact) mass is 341 g/mol. The van der Waals surface area contributed by atoms with Gasteiger partial charge in [0, 0.05) is 17.1 Å². The van der Waals surface area contributed by atoms with E-state index in [0.29, 0.717) is 23.9 Å². The van der Waals surface area contributed by atoms with Crippen molar-refractivity contribution in [1.29, 1.82) is 0 Å². The molecule has 2 aliphatic heterocycles. The molecule has 0 bridgehead atoms. The second-order valence-electron chi connectivity index (χ2n) is 5.77. The zero-order chi connectivity index (χ0) is 14.3. The van der Waals surface area contributed by atoms with E-state index in [1.165, 1.54) is 12.1 Å². The van der Waals surface area contributed by atoms with Crippen LogP contribution in [0.4, 0.5) is 4.39 Å². The lowest BCUT2D eigenvalue weighted by Gasteiger charge is -2.39. The first-order valence-electron chi connectivity index (χ1n) is 6.96. The molecule has 0 aromatic heterocycles.